The van der Waals surface area contributed by atoms with Crippen LogP contribution in [0.1, 0.15) is 24.1 Å². The van der Waals surface area contributed by atoms with Crippen LogP contribution in [-0.2, 0) is 11.3 Å². The summed E-state index contributed by atoms with van der Waals surface area (Å²) in [5.41, 5.74) is 2.05. The van der Waals surface area contributed by atoms with Gasteiger partial charge in [0.05, 0.1) is 11.9 Å². The Labute approximate surface area is 142 Å². The maximum absolute atomic E-state index is 12.5. The highest BCUT2D eigenvalue weighted by atomic mass is 16.2. The largest absolute Gasteiger partial charge is 0.353 e. The molecule has 0 unspecified atom stereocenters. The Bertz CT molecular complexity index is 698. The Morgan fingerprint density at radius 2 is 1.96 bits per heavy atom. The van der Waals surface area contributed by atoms with Gasteiger partial charge in [0, 0.05) is 57.7 Å². The van der Waals surface area contributed by atoms with Crippen LogP contribution in [0, 0.1) is 13.8 Å². The monoisotopic (exact) mass is 328 g/mol. The molecule has 24 heavy (non-hydrogen) atoms. The van der Waals surface area contributed by atoms with E-state index in [-0.39, 0.29) is 5.91 Å². The van der Waals surface area contributed by atoms with Gasteiger partial charge in [-0.15, -0.1) is 0 Å². The molecule has 1 saturated heterocycles. The van der Waals surface area contributed by atoms with E-state index < -0.39 is 0 Å². The van der Waals surface area contributed by atoms with Gasteiger partial charge in [-0.25, -0.2) is 4.98 Å². The molecule has 0 bridgehead atoms. The van der Waals surface area contributed by atoms with E-state index in [1.165, 1.54) is 0 Å². The summed E-state index contributed by atoms with van der Waals surface area (Å²) in [7, 11) is 0. The molecule has 0 aliphatic carbocycles. The molecule has 0 N–H and O–H groups in total. The fourth-order valence-electron chi connectivity index (χ4n) is 3.05. The van der Waals surface area contributed by atoms with E-state index >= 15 is 0 Å². The zero-order valence-corrected chi connectivity index (χ0v) is 14.4. The van der Waals surface area contributed by atoms with E-state index in [1.54, 1.807) is 12.4 Å². The van der Waals surface area contributed by atoms with Gasteiger partial charge in [0.2, 0.25) is 5.91 Å². The van der Waals surface area contributed by atoms with Crippen LogP contribution in [0.3, 0.4) is 0 Å². The first kappa shape index (κ1) is 16.4. The topological polar surface area (TPSA) is 67.2 Å². The third-order valence-electron chi connectivity index (χ3n) is 4.32. The van der Waals surface area contributed by atoms with Crippen molar-refractivity contribution in [3.05, 3.63) is 36.0 Å². The van der Waals surface area contributed by atoms with Gasteiger partial charge in [-0.1, -0.05) is 0 Å². The van der Waals surface area contributed by atoms with Crippen molar-refractivity contribution >= 4 is 11.7 Å². The summed E-state index contributed by atoms with van der Waals surface area (Å²) < 4.78 is 1.83. The van der Waals surface area contributed by atoms with Gasteiger partial charge in [0.1, 0.15) is 5.82 Å². The second-order valence-corrected chi connectivity index (χ2v) is 6.22. The molecule has 0 saturated carbocycles. The van der Waals surface area contributed by atoms with Crippen LogP contribution >= 0.6 is 0 Å². The highest BCUT2D eigenvalue weighted by Crippen LogP contribution is 2.16. The molecule has 7 heteroatoms. The van der Waals surface area contributed by atoms with Crippen LogP contribution in [0.5, 0.6) is 0 Å². The quantitative estimate of drug-likeness (QED) is 0.849. The Hall–Kier alpha value is -2.44. The number of hydrogen-bond acceptors (Lipinski definition) is 5. The van der Waals surface area contributed by atoms with Crippen LogP contribution < -0.4 is 4.90 Å². The van der Waals surface area contributed by atoms with Crippen LogP contribution in [0.2, 0.25) is 0 Å². The molecule has 1 amide bonds. The maximum Gasteiger partial charge on any atom is 0.224 e. The fourth-order valence-corrected chi connectivity index (χ4v) is 3.05. The molecular weight excluding hydrogens is 304 g/mol. The Balaban J connectivity index is 1.55. The van der Waals surface area contributed by atoms with Gasteiger partial charge >= 0.3 is 0 Å². The van der Waals surface area contributed by atoms with Gasteiger partial charge < -0.3 is 9.80 Å². The van der Waals surface area contributed by atoms with Crippen molar-refractivity contribution in [1.82, 2.24) is 24.6 Å². The smallest absolute Gasteiger partial charge is 0.224 e. The van der Waals surface area contributed by atoms with E-state index in [2.05, 4.69) is 20.0 Å². The van der Waals surface area contributed by atoms with Gasteiger partial charge in [-0.2, -0.15) is 5.10 Å². The predicted molar refractivity (Wildman–Crippen MR) is 91.8 cm³/mol. The highest BCUT2D eigenvalue weighted by Gasteiger charge is 2.20. The summed E-state index contributed by atoms with van der Waals surface area (Å²) in [6.07, 6.45) is 8.66. The molecule has 1 aliphatic heterocycles. The first-order valence-corrected chi connectivity index (χ1v) is 8.43. The average Bonchev–Trinajstić information content (AvgIpc) is 2.84. The van der Waals surface area contributed by atoms with Gasteiger partial charge in [0.15, 0.2) is 0 Å². The summed E-state index contributed by atoms with van der Waals surface area (Å²) in [4.78, 5) is 25.4. The number of aromatic nitrogens is 4. The Kier molecular flexibility index (Phi) is 5.08. The molecule has 128 valence electrons. The molecule has 0 spiro atoms. The lowest BCUT2D eigenvalue weighted by atomic mass is 10.3. The second-order valence-electron chi connectivity index (χ2n) is 6.22. The van der Waals surface area contributed by atoms with Crippen molar-refractivity contribution in [2.75, 3.05) is 31.1 Å². The van der Waals surface area contributed by atoms with E-state index in [4.69, 9.17) is 0 Å². The molecule has 2 aromatic rings. The maximum atomic E-state index is 12.5. The third-order valence-corrected chi connectivity index (χ3v) is 4.32. The molecular formula is C17H24N6O. The van der Waals surface area contributed by atoms with E-state index in [0.29, 0.717) is 13.0 Å². The lowest BCUT2D eigenvalue weighted by Crippen LogP contribution is -2.36. The van der Waals surface area contributed by atoms with Gasteiger partial charge in [0.25, 0.3) is 0 Å². The molecule has 3 heterocycles. The van der Waals surface area contributed by atoms with Crippen molar-refractivity contribution in [2.45, 2.75) is 33.2 Å². The van der Waals surface area contributed by atoms with Crippen LogP contribution in [0.15, 0.2) is 24.8 Å². The van der Waals surface area contributed by atoms with E-state index in [0.717, 1.165) is 49.7 Å². The van der Waals surface area contributed by atoms with Crippen molar-refractivity contribution in [1.29, 1.82) is 0 Å². The zero-order chi connectivity index (χ0) is 16.9. The minimum atomic E-state index is 0.195. The number of anilines is 1. The van der Waals surface area contributed by atoms with Gasteiger partial charge in [-0.05, 0) is 25.8 Å². The summed E-state index contributed by atoms with van der Waals surface area (Å²) in [6.45, 7) is 7.84. The molecule has 3 rings (SSSR count). The number of nitrogens with zero attached hydrogens (tertiary/aromatic N) is 6. The first-order valence-electron chi connectivity index (χ1n) is 8.43. The van der Waals surface area contributed by atoms with Gasteiger partial charge in [-0.3, -0.25) is 14.5 Å². The highest BCUT2D eigenvalue weighted by molar-refractivity contribution is 5.76. The summed E-state index contributed by atoms with van der Waals surface area (Å²) in [5.74, 6) is 1.12. The minimum absolute atomic E-state index is 0.195. The normalized spacial score (nSPS) is 15.4. The molecule has 2 aromatic heterocycles. The van der Waals surface area contributed by atoms with E-state index in [1.807, 2.05) is 35.8 Å². The standard InChI is InChI=1S/C17H24N6O/c1-14-12-20-23(13-14)9-4-16(24)21-7-3-8-22(11-10-21)17-15(2)18-5-6-19-17/h5-6,12-13H,3-4,7-11H2,1-2H3. The third kappa shape index (κ3) is 3.90. The lowest BCUT2D eigenvalue weighted by Gasteiger charge is -2.23. The Morgan fingerprint density at radius 3 is 2.71 bits per heavy atom. The predicted octanol–water partition coefficient (Wildman–Crippen LogP) is 1.42. The molecule has 1 aliphatic rings. The summed E-state index contributed by atoms with van der Waals surface area (Å²) in [6, 6.07) is 0. The van der Waals surface area contributed by atoms with Crippen LogP contribution in [-0.4, -0.2) is 56.7 Å². The number of rotatable bonds is 4. The molecule has 0 aromatic carbocycles. The molecule has 7 nitrogen and oxygen atoms in total. The number of carbonyl (C=O) groups is 1. The van der Waals surface area contributed by atoms with Crippen molar-refractivity contribution < 1.29 is 4.79 Å². The minimum Gasteiger partial charge on any atom is -0.353 e. The summed E-state index contributed by atoms with van der Waals surface area (Å²) in [5, 5.41) is 4.24. The second kappa shape index (κ2) is 7.42. The zero-order valence-electron chi connectivity index (χ0n) is 14.4. The lowest BCUT2D eigenvalue weighted by molar-refractivity contribution is -0.131. The number of hydrogen-bond donors (Lipinski definition) is 0. The summed E-state index contributed by atoms with van der Waals surface area (Å²) >= 11 is 0. The van der Waals surface area contributed by atoms with Crippen molar-refractivity contribution in [2.24, 2.45) is 0 Å². The molecule has 0 radical (unpaired) electrons. The first-order chi connectivity index (χ1) is 11.6. The van der Waals surface area contributed by atoms with E-state index in [9.17, 15) is 4.79 Å². The van der Waals surface area contributed by atoms with Crippen molar-refractivity contribution in [3.8, 4) is 0 Å². The van der Waals surface area contributed by atoms with Crippen molar-refractivity contribution in [3.63, 3.8) is 0 Å². The Morgan fingerprint density at radius 1 is 1.12 bits per heavy atom. The van der Waals surface area contributed by atoms with Crippen LogP contribution in [0.25, 0.3) is 0 Å². The average molecular weight is 328 g/mol. The number of amides is 1. The molecule has 0 atom stereocenters. The SMILES string of the molecule is Cc1cnn(CCC(=O)N2CCCN(c3nccnc3C)CC2)c1. The fraction of sp³-hybridized carbons (Fsp3) is 0.529. The number of aryl methyl sites for hydroxylation is 3. The number of carbonyl (C=O) groups excluding carboxylic acids is 1. The van der Waals surface area contributed by atoms with Crippen LogP contribution in [0.4, 0.5) is 5.82 Å². The molecule has 1 fully saturated rings.